The Balaban J connectivity index is 1.58. The summed E-state index contributed by atoms with van der Waals surface area (Å²) in [4.78, 5) is 31.5. The minimum Gasteiger partial charge on any atom is -0.444 e. The minimum atomic E-state index is -0.994. The number of nitrogens with zero attached hydrogens (tertiary/aromatic N) is 2. The predicted molar refractivity (Wildman–Crippen MR) is 134 cm³/mol. The van der Waals surface area contributed by atoms with Gasteiger partial charge in [0.15, 0.2) is 0 Å². The van der Waals surface area contributed by atoms with Crippen LogP contribution < -0.4 is 11.1 Å². The normalized spacial score (nSPS) is 21.7. The molecule has 2 aromatic rings. The lowest BCUT2D eigenvalue weighted by Gasteiger charge is -2.31. The third kappa shape index (κ3) is 6.02. The van der Waals surface area contributed by atoms with Crippen LogP contribution in [-0.2, 0) is 15.1 Å². The number of amides is 2. The van der Waals surface area contributed by atoms with Crippen LogP contribution >= 0.6 is 0 Å². The molecule has 2 aliphatic rings. The first-order chi connectivity index (χ1) is 17.0. The number of nitrogens with two attached hydrogens (primary N) is 1. The minimum absolute atomic E-state index is 0.0303. The zero-order valence-corrected chi connectivity index (χ0v) is 21.0. The molecule has 0 bridgehead atoms. The number of nitrogens with one attached hydrogen (secondary N) is 1. The molecule has 1 saturated heterocycles. The van der Waals surface area contributed by atoms with Gasteiger partial charge in [-0.3, -0.25) is 14.7 Å². The molecular weight excluding hydrogens is 463 g/mol. The zero-order chi connectivity index (χ0) is 26.1. The summed E-state index contributed by atoms with van der Waals surface area (Å²) in [6.07, 6.45) is 4.05. The molecule has 194 valence electrons. The van der Waals surface area contributed by atoms with E-state index in [4.69, 9.17) is 10.5 Å². The van der Waals surface area contributed by atoms with Gasteiger partial charge in [0.2, 0.25) is 5.91 Å². The van der Waals surface area contributed by atoms with Gasteiger partial charge in [-0.2, -0.15) is 0 Å². The summed E-state index contributed by atoms with van der Waals surface area (Å²) in [7, 11) is 0. The zero-order valence-electron chi connectivity index (χ0n) is 21.0. The third-order valence-electron chi connectivity index (χ3n) is 6.71. The summed E-state index contributed by atoms with van der Waals surface area (Å²) >= 11 is 0. The van der Waals surface area contributed by atoms with E-state index in [1.54, 1.807) is 33.0 Å². The highest BCUT2D eigenvalue weighted by atomic mass is 19.1. The standard InChI is InChI=1S/C27H35FN4O4/c1-26(2,3)36-25(35)32-16-19(33)15-22(32)24(34)31-21-14-18(9-10-20(21)28)27(29,12-11-17-7-8-17)23-6-4-5-13-30-23/h4-6,9-10,13-14,17,19,22,33H,7-8,11-12,15-16,29H2,1-3H3,(H,31,34)/t19-,22-,27?/m1/s1. The van der Waals surface area contributed by atoms with Crippen LogP contribution in [-0.4, -0.2) is 51.3 Å². The van der Waals surface area contributed by atoms with Crippen molar-refractivity contribution in [1.82, 2.24) is 9.88 Å². The van der Waals surface area contributed by atoms with Crippen molar-refractivity contribution >= 4 is 17.7 Å². The van der Waals surface area contributed by atoms with E-state index < -0.39 is 41.1 Å². The number of benzene rings is 1. The number of anilines is 1. The molecule has 2 amide bonds. The smallest absolute Gasteiger partial charge is 0.411 e. The lowest BCUT2D eigenvalue weighted by atomic mass is 9.82. The molecule has 1 saturated carbocycles. The van der Waals surface area contributed by atoms with Crippen LogP contribution in [0.2, 0.25) is 0 Å². The van der Waals surface area contributed by atoms with Gasteiger partial charge >= 0.3 is 6.09 Å². The molecule has 2 fully saturated rings. The second-order valence-electron chi connectivity index (χ2n) is 10.9. The van der Waals surface area contributed by atoms with E-state index in [-0.39, 0.29) is 18.7 Å². The fraction of sp³-hybridized carbons (Fsp3) is 0.519. The van der Waals surface area contributed by atoms with E-state index in [2.05, 4.69) is 10.3 Å². The molecule has 1 aromatic carbocycles. The highest BCUT2D eigenvalue weighted by Gasteiger charge is 2.41. The van der Waals surface area contributed by atoms with Crippen LogP contribution in [0, 0.1) is 11.7 Å². The fourth-order valence-corrected chi connectivity index (χ4v) is 4.58. The number of carbonyl (C=O) groups is 2. The SMILES string of the molecule is CC(C)(C)OC(=O)N1C[C@H](O)C[C@@H]1C(=O)Nc1cc(C(N)(CCC2CC2)c2ccccn2)ccc1F. The van der Waals surface area contributed by atoms with Gasteiger partial charge in [0.05, 0.1) is 29.6 Å². The van der Waals surface area contributed by atoms with Crippen LogP contribution in [0.1, 0.15) is 64.1 Å². The molecule has 36 heavy (non-hydrogen) atoms. The summed E-state index contributed by atoms with van der Waals surface area (Å²) in [5.74, 6) is -0.587. The van der Waals surface area contributed by atoms with Gasteiger partial charge in [0, 0.05) is 12.6 Å². The first-order valence-electron chi connectivity index (χ1n) is 12.5. The predicted octanol–water partition coefficient (Wildman–Crippen LogP) is 3.92. The first-order valence-corrected chi connectivity index (χ1v) is 12.5. The number of hydrogen-bond acceptors (Lipinski definition) is 6. The second kappa shape index (κ2) is 10.1. The van der Waals surface area contributed by atoms with Crippen molar-refractivity contribution in [1.29, 1.82) is 0 Å². The Labute approximate surface area is 211 Å². The summed E-state index contributed by atoms with van der Waals surface area (Å²) in [6.45, 7) is 5.12. The van der Waals surface area contributed by atoms with Crippen molar-refractivity contribution in [2.45, 2.75) is 76.2 Å². The Morgan fingerprint density at radius 1 is 1.25 bits per heavy atom. The summed E-state index contributed by atoms with van der Waals surface area (Å²) in [5, 5.41) is 12.8. The average Bonchev–Trinajstić information content (AvgIpc) is 3.57. The number of hydrogen-bond donors (Lipinski definition) is 3. The fourth-order valence-electron chi connectivity index (χ4n) is 4.58. The Morgan fingerprint density at radius 2 is 2.00 bits per heavy atom. The molecule has 4 N–H and O–H groups in total. The monoisotopic (exact) mass is 498 g/mol. The largest absolute Gasteiger partial charge is 0.444 e. The number of carbonyl (C=O) groups excluding carboxylic acids is 2. The molecule has 1 aromatic heterocycles. The van der Waals surface area contributed by atoms with Gasteiger partial charge in [-0.05, 0) is 69.4 Å². The molecule has 1 aliphatic heterocycles. The maximum absolute atomic E-state index is 14.9. The van der Waals surface area contributed by atoms with E-state index in [1.165, 1.54) is 29.9 Å². The van der Waals surface area contributed by atoms with Crippen LogP contribution in [0.15, 0.2) is 42.6 Å². The summed E-state index contributed by atoms with van der Waals surface area (Å²) < 4.78 is 20.2. The Hall–Kier alpha value is -3.04. The van der Waals surface area contributed by atoms with Gasteiger partial charge in [-0.1, -0.05) is 25.0 Å². The number of ether oxygens (including phenoxy) is 1. The molecule has 1 aliphatic carbocycles. The third-order valence-corrected chi connectivity index (χ3v) is 6.71. The van der Waals surface area contributed by atoms with Crippen LogP contribution in [0.4, 0.5) is 14.9 Å². The Kier molecular flexibility index (Phi) is 7.33. The Morgan fingerprint density at radius 3 is 2.64 bits per heavy atom. The van der Waals surface area contributed by atoms with Crippen molar-refractivity contribution < 1.29 is 23.8 Å². The van der Waals surface area contributed by atoms with E-state index >= 15 is 0 Å². The molecule has 3 atom stereocenters. The van der Waals surface area contributed by atoms with E-state index in [0.29, 0.717) is 23.6 Å². The van der Waals surface area contributed by atoms with Gasteiger partial charge in [-0.15, -0.1) is 0 Å². The molecule has 8 nitrogen and oxygen atoms in total. The number of β-amino-alcohol motifs (C(OH)–C–C–N with tert-alkyl or cyclic N) is 1. The average molecular weight is 499 g/mol. The van der Waals surface area contributed by atoms with E-state index in [1.807, 2.05) is 18.2 Å². The number of aliphatic hydroxyl groups is 1. The van der Waals surface area contributed by atoms with Crippen molar-refractivity contribution in [3.63, 3.8) is 0 Å². The quantitative estimate of drug-likeness (QED) is 0.533. The van der Waals surface area contributed by atoms with Crippen molar-refractivity contribution in [3.05, 3.63) is 59.7 Å². The van der Waals surface area contributed by atoms with E-state index in [0.717, 1.165) is 6.42 Å². The summed E-state index contributed by atoms with van der Waals surface area (Å²) in [5.41, 5.74) is 6.47. The van der Waals surface area contributed by atoms with Gasteiger partial charge in [0.25, 0.3) is 0 Å². The number of aliphatic hydroxyl groups excluding tert-OH is 1. The van der Waals surface area contributed by atoms with E-state index in [9.17, 15) is 19.1 Å². The molecule has 0 radical (unpaired) electrons. The molecule has 1 unspecified atom stereocenters. The number of aromatic nitrogens is 1. The number of pyridine rings is 1. The van der Waals surface area contributed by atoms with Gasteiger partial charge in [-0.25, -0.2) is 9.18 Å². The molecule has 2 heterocycles. The van der Waals surface area contributed by atoms with Gasteiger partial charge in [0.1, 0.15) is 17.5 Å². The highest BCUT2D eigenvalue weighted by molar-refractivity contribution is 5.97. The van der Waals surface area contributed by atoms with Crippen LogP contribution in [0.3, 0.4) is 0 Å². The van der Waals surface area contributed by atoms with Crippen molar-refractivity contribution in [2.24, 2.45) is 11.7 Å². The molecule has 9 heteroatoms. The number of likely N-dealkylation sites (tertiary alicyclic amines) is 1. The van der Waals surface area contributed by atoms with Crippen molar-refractivity contribution in [2.75, 3.05) is 11.9 Å². The highest BCUT2D eigenvalue weighted by Crippen LogP contribution is 2.40. The molecule has 0 spiro atoms. The number of halogens is 1. The Bertz CT molecular complexity index is 1100. The maximum Gasteiger partial charge on any atom is 0.411 e. The topological polar surface area (TPSA) is 118 Å². The lowest BCUT2D eigenvalue weighted by Crippen LogP contribution is -2.45. The van der Waals surface area contributed by atoms with Crippen LogP contribution in [0.25, 0.3) is 0 Å². The lowest BCUT2D eigenvalue weighted by molar-refractivity contribution is -0.120. The maximum atomic E-state index is 14.9. The molecule has 4 rings (SSSR count). The van der Waals surface area contributed by atoms with Crippen molar-refractivity contribution in [3.8, 4) is 0 Å². The first kappa shape index (κ1) is 26.0. The number of rotatable bonds is 7. The van der Waals surface area contributed by atoms with Crippen LogP contribution in [0.5, 0.6) is 0 Å². The molecular formula is C27H35FN4O4. The second-order valence-corrected chi connectivity index (χ2v) is 10.9. The van der Waals surface area contributed by atoms with Gasteiger partial charge < -0.3 is 20.9 Å². The summed E-state index contributed by atoms with van der Waals surface area (Å²) in [6, 6.07) is 8.98.